The van der Waals surface area contributed by atoms with E-state index >= 15 is 0 Å². The number of pyridine rings is 1. The summed E-state index contributed by atoms with van der Waals surface area (Å²) in [6, 6.07) is 2.81. The molecule has 3 aromatic heterocycles. The number of ether oxygens (including phenoxy) is 1. The molecule has 9 heteroatoms. The summed E-state index contributed by atoms with van der Waals surface area (Å²) in [5.74, 6) is 0.785. The highest BCUT2D eigenvalue weighted by atomic mass is 16.5. The van der Waals surface area contributed by atoms with Crippen molar-refractivity contribution in [3.05, 3.63) is 35.4 Å². The summed E-state index contributed by atoms with van der Waals surface area (Å²) in [5, 5.41) is 18.9. The molecule has 1 aliphatic carbocycles. The van der Waals surface area contributed by atoms with Crippen LogP contribution in [0.15, 0.2) is 18.6 Å². The standard InChI is InChI=1S/C26H37N7O2/c1-16(2)22-23(19-12-17(3)25-28-15-29-33(25)14-19)31-32-24(22)26(34)30-21-6-4-20(5-7-21)27-13-18-8-10-35-11-9-18/h12,14-16,18,20-21,27H,4-11,13H2,1-3H3,(H,30,34)(H,31,32)/t20-,21-. The van der Waals surface area contributed by atoms with Crippen LogP contribution in [-0.4, -0.2) is 62.5 Å². The number of fused-ring (bicyclic) bond motifs is 1. The van der Waals surface area contributed by atoms with Gasteiger partial charge in [-0.3, -0.25) is 9.89 Å². The number of nitrogens with one attached hydrogen (secondary N) is 3. The van der Waals surface area contributed by atoms with Crippen LogP contribution >= 0.6 is 0 Å². The molecule has 188 valence electrons. The van der Waals surface area contributed by atoms with E-state index in [1.807, 2.05) is 13.1 Å². The van der Waals surface area contributed by atoms with Crippen molar-refractivity contribution in [1.29, 1.82) is 0 Å². The predicted octanol–water partition coefficient (Wildman–Crippen LogP) is 3.61. The molecule has 1 saturated heterocycles. The molecule has 0 radical (unpaired) electrons. The average molecular weight is 480 g/mol. The number of carbonyl (C=O) groups is 1. The topological polar surface area (TPSA) is 109 Å². The van der Waals surface area contributed by atoms with Crippen LogP contribution < -0.4 is 10.6 Å². The van der Waals surface area contributed by atoms with E-state index in [-0.39, 0.29) is 17.9 Å². The van der Waals surface area contributed by atoms with E-state index < -0.39 is 0 Å². The molecule has 0 bridgehead atoms. The highest BCUT2D eigenvalue weighted by Gasteiger charge is 2.27. The summed E-state index contributed by atoms with van der Waals surface area (Å²) in [5.41, 5.74) is 5.10. The second-order valence-corrected chi connectivity index (χ2v) is 10.4. The van der Waals surface area contributed by atoms with Crippen molar-refractivity contribution >= 4 is 11.6 Å². The lowest BCUT2D eigenvalue weighted by Crippen LogP contribution is -2.43. The van der Waals surface area contributed by atoms with Gasteiger partial charge < -0.3 is 15.4 Å². The molecule has 35 heavy (non-hydrogen) atoms. The number of H-pyrrole nitrogens is 1. The first kappa shape index (κ1) is 23.9. The second kappa shape index (κ2) is 10.5. The number of aryl methyl sites for hydroxylation is 1. The molecule has 5 rings (SSSR count). The van der Waals surface area contributed by atoms with Gasteiger partial charge in [0, 0.05) is 42.6 Å². The van der Waals surface area contributed by atoms with Crippen LogP contribution in [0.25, 0.3) is 16.9 Å². The predicted molar refractivity (Wildman–Crippen MR) is 134 cm³/mol. The second-order valence-electron chi connectivity index (χ2n) is 10.4. The third-order valence-electron chi connectivity index (χ3n) is 7.54. The fraction of sp³-hybridized carbons (Fsp3) is 0.615. The summed E-state index contributed by atoms with van der Waals surface area (Å²) < 4.78 is 7.23. The molecule has 2 aliphatic rings. The quantitative estimate of drug-likeness (QED) is 0.478. The Morgan fingerprint density at radius 2 is 1.91 bits per heavy atom. The number of amides is 1. The Balaban J connectivity index is 1.22. The van der Waals surface area contributed by atoms with E-state index in [0.29, 0.717) is 11.7 Å². The van der Waals surface area contributed by atoms with E-state index in [4.69, 9.17) is 4.74 Å². The molecule has 0 spiro atoms. The summed E-state index contributed by atoms with van der Waals surface area (Å²) in [4.78, 5) is 17.6. The van der Waals surface area contributed by atoms with Crippen molar-refractivity contribution in [3.8, 4) is 11.3 Å². The summed E-state index contributed by atoms with van der Waals surface area (Å²) >= 11 is 0. The fourth-order valence-electron chi connectivity index (χ4n) is 5.52. The van der Waals surface area contributed by atoms with Gasteiger partial charge in [0.15, 0.2) is 11.3 Å². The lowest BCUT2D eigenvalue weighted by Gasteiger charge is -2.31. The van der Waals surface area contributed by atoms with Gasteiger partial charge in [-0.15, -0.1) is 0 Å². The number of aromatic nitrogens is 5. The Bertz CT molecular complexity index is 1150. The maximum absolute atomic E-state index is 13.3. The minimum Gasteiger partial charge on any atom is -0.381 e. The molecule has 1 saturated carbocycles. The van der Waals surface area contributed by atoms with E-state index in [9.17, 15) is 4.79 Å². The average Bonchev–Trinajstić information content (AvgIpc) is 3.52. The van der Waals surface area contributed by atoms with Crippen LogP contribution in [0.2, 0.25) is 0 Å². The van der Waals surface area contributed by atoms with Crippen molar-refractivity contribution in [2.75, 3.05) is 19.8 Å². The SMILES string of the molecule is Cc1cc(-c2[nH]nc(C(=O)N[C@H]3CC[C@H](NCC4CCOCC4)CC3)c2C(C)C)cn2ncnc12. The number of aromatic amines is 1. The van der Waals surface area contributed by atoms with Crippen LogP contribution in [0.3, 0.4) is 0 Å². The Labute approximate surface area is 206 Å². The van der Waals surface area contributed by atoms with E-state index in [1.165, 1.54) is 0 Å². The molecule has 4 heterocycles. The lowest BCUT2D eigenvalue weighted by molar-refractivity contribution is 0.0648. The molecule has 0 unspecified atom stereocenters. The number of hydrogen-bond donors (Lipinski definition) is 3. The third kappa shape index (κ3) is 5.26. The van der Waals surface area contributed by atoms with Crippen LogP contribution in [-0.2, 0) is 4.74 Å². The fourth-order valence-corrected chi connectivity index (χ4v) is 5.52. The molecular weight excluding hydrogens is 442 g/mol. The number of rotatable bonds is 7. The zero-order valence-corrected chi connectivity index (χ0v) is 21.0. The number of hydrogen-bond acceptors (Lipinski definition) is 6. The van der Waals surface area contributed by atoms with E-state index in [0.717, 1.165) is 92.2 Å². The minimum absolute atomic E-state index is 0.0895. The Morgan fingerprint density at radius 1 is 1.17 bits per heavy atom. The van der Waals surface area contributed by atoms with Gasteiger partial charge in [0.05, 0.1) is 5.69 Å². The van der Waals surface area contributed by atoms with Gasteiger partial charge in [-0.25, -0.2) is 9.50 Å². The van der Waals surface area contributed by atoms with E-state index in [2.05, 4.69) is 50.8 Å². The van der Waals surface area contributed by atoms with Gasteiger partial charge in [0.25, 0.3) is 5.91 Å². The molecule has 1 amide bonds. The zero-order chi connectivity index (χ0) is 24.4. The van der Waals surface area contributed by atoms with Gasteiger partial charge >= 0.3 is 0 Å². The first-order valence-corrected chi connectivity index (χ1v) is 13.0. The van der Waals surface area contributed by atoms with E-state index in [1.54, 1.807) is 10.8 Å². The highest BCUT2D eigenvalue weighted by molar-refractivity contribution is 5.96. The molecule has 1 aliphatic heterocycles. The van der Waals surface area contributed by atoms with Crippen molar-refractivity contribution < 1.29 is 9.53 Å². The molecule has 3 N–H and O–H groups in total. The van der Waals surface area contributed by atoms with Gasteiger partial charge in [0.2, 0.25) is 0 Å². The van der Waals surface area contributed by atoms with Gasteiger partial charge in [-0.1, -0.05) is 13.8 Å². The van der Waals surface area contributed by atoms with Crippen LogP contribution in [0.4, 0.5) is 0 Å². The van der Waals surface area contributed by atoms with Crippen LogP contribution in [0.1, 0.15) is 79.9 Å². The maximum atomic E-state index is 13.3. The summed E-state index contributed by atoms with van der Waals surface area (Å²) in [6.45, 7) is 9.09. The normalized spacial score (nSPS) is 21.6. The van der Waals surface area contributed by atoms with Crippen molar-refractivity contribution in [2.45, 2.75) is 77.3 Å². The minimum atomic E-state index is -0.0895. The van der Waals surface area contributed by atoms with Crippen LogP contribution in [0, 0.1) is 12.8 Å². The number of nitrogens with zero attached hydrogens (tertiary/aromatic N) is 4. The van der Waals surface area contributed by atoms with Crippen molar-refractivity contribution in [2.24, 2.45) is 5.92 Å². The highest BCUT2D eigenvalue weighted by Crippen LogP contribution is 2.31. The molecule has 3 aromatic rings. The molecule has 0 atom stereocenters. The summed E-state index contributed by atoms with van der Waals surface area (Å²) in [6.07, 6.45) is 9.98. The van der Waals surface area contributed by atoms with Gasteiger partial charge in [-0.2, -0.15) is 10.2 Å². The van der Waals surface area contributed by atoms with Gasteiger partial charge in [-0.05, 0) is 75.5 Å². The lowest BCUT2D eigenvalue weighted by atomic mass is 9.90. The third-order valence-corrected chi connectivity index (χ3v) is 7.54. The summed E-state index contributed by atoms with van der Waals surface area (Å²) in [7, 11) is 0. The first-order chi connectivity index (χ1) is 17.0. The molecule has 0 aromatic carbocycles. The number of carbonyl (C=O) groups excluding carboxylic acids is 1. The monoisotopic (exact) mass is 479 g/mol. The Morgan fingerprint density at radius 3 is 2.66 bits per heavy atom. The largest absolute Gasteiger partial charge is 0.381 e. The Hall–Kier alpha value is -2.78. The molecule has 2 fully saturated rings. The van der Waals surface area contributed by atoms with Crippen molar-refractivity contribution in [1.82, 2.24) is 35.4 Å². The van der Waals surface area contributed by atoms with Crippen molar-refractivity contribution in [3.63, 3.8) is 0 Å². The first-order valence-electron chi connectivity index (χ1n) is 13.0. The zero-order valence-electron chi connectivity index (χ0n) is 21.0. The molecular formula is C26H37N7O2. The molecule has 9 nitrogen and oxygen atoms in total. The van der Waals surface area contributed by atoms with Crippen LogP contribution in [0.5, 0.6) is 0 Å². The Kier molecular flexibility index (Phi) is 7.15. The van der Waals surface area contributed by atoms with Gasteiger partial charge in [0.1, 0.15) is 6.33 Å². The maximum Gasteiger partial charge on any atom is 0.272 e. The smallest absolute Gasteiger partial charge is 0.272 e.